The Balaban J connectivity index is 1.49. The zero-order valence-electron chi connectivity index (χ0n) is 15.4. The van der Waals surface area contributed by atoms with Crippen molar-refractivity contribution in [2.24, 2.45) is 0 Å². The molecule has 150 valence electrons. The molecule has 0 atom stereocenters. The number of rotatable bonds is 5. The summed E-state index contributed by atoms with van der Waals surface area (Å²) in [6.07, 6.45) is 1.50. The molecule has 3 aromatic rings. The van der Waals surface area contributed by atoms with Crippen LogP contribution in [0.5, 0.6) is 5.75 Å². The number of aromatic nitrogens is 2. The topological polar surface area (TPSA) is 82.5 Å². The lowest BCUT2D eigenvalue weighted by atomic mass is 10.2. The second kappa shape index (κ2) is 8.73. The van der Waals surface area contributed by atoms with Crippen LogP contribution in [0.2, 0.25) is 10.0 Å². The normalized spacial score (nSPS) is 13.9. The van der Waals surface area contributed by atoms with E-state index in [0.29, 0.717) is 27.5 Å². The molecule has 2 heterocycles. The molecule has 0 aliphatic carbocycles. The van der Waals surface area contributed by atoms with Crippen LogP contribution < -0.4 is 15.5 Å². The zero-order valence-corrected chi connectivity index (χ0v) is 16.9. The maximum Gasteiger partial charge on any atom is 0.229 e. The van der Waals surface area contributed by atoms with Crippen LogP contribution in [0.4, 0.5) is 28.8 Å². The van der Waals surface area contributed by atoms with E-state index in [4.69, 9.17) is 27.9 Å². The fourth-order valence-electron chi connectivity index (χ4n) is 2.96. The Kier molecular flexibility index (Phi) is 5.89. The summed E-state index contributed by atoms with van der Waals surface area (Å²) in [4.78, 5) is 10.9. The van der Waals surface area contributed by atoms with Crippen LogP contribution in [0.1, 0.15) is 0 Å². The number of ether oxygens (including phenoxy) is 1. The molecule has 3 N–H and O–H groups in total. The van der Waals surface area contributed by atoms with Gasteiger partial charge in [0.25, 0.3) is 0 Å². The molecule has 29 heavy (non-hydrogen) atoms. The van der Waals surface area contributed by atoms with Crippen molar-refractivity contribution in [1.29, 1.82) is 0 Å². The summed E-state index contributed by atoms with van der Waals surface area (Å²) in [5.74, 6) is 0.842. The van der Waals surface area contributed by atoms with Crippen molar-refractivity contribution in [3.63, 3.8) is 0 Å². The molecule has 0 unspecified atom stereocenters. The van der Waals surface area contributed by atoms with Crippen LogP contribution in [-0.4, -0.2) is 41.4 Å². The second-order valence-corrected chi connectivity index (χ2v) is 7.26. The lowest BCUT2D eigenvalue weighted by Crippen LogP contribution is -2.36. The first-order chi connectivity index (χ1) is 14.1. The van der Waals surface area contributed by atoms with Crippen LogP contribution in [0.25, 0.3) is 0 Å². The van der Waals surface area contributed by atoms with Crippen LogP contribution in [0.15, 0.2) is 48.7 Å². The lowest BCUT2D eigenvalue weighted by Gasteiger charge is -2.28. The predicted molar refractivity (Wildman–Crippen MR) is 116 cm³/mol. The van der Waals surface area contributed by atoms with Gasteiger partial charge in [0.05, 0.1) is 30.1 Å². The second-order valence-electron chi connectivity index (χ2n) is 6.45. The Morgan fingerprint density at radius 2 is 1.72 bits per heavy atom. The minimum Gasteiger partial charge on any atom is -0.508 e. The number of halogens is 2. The minimum absolute atomic E-state index is 0.0841. The van der Waals surface area contributed by atoms with E-state index < -0.39 is 0 Å². The Morgan fingerprint density at radius 3 is 2.48 bits per heavy atom. The number of nitrogens with zero attached hydrogens (tertiary/aromatic N) is 3. The summed E-state index contributed by atoms with van der Waals surface area (Å²) in [5, 5.41) is 16.6. The van der Waals surface area contributed by atoms with Gasteiger partial charge in [0, 0.05) is 30.5 Å². The molecule has 1 aromatic heterocycles. The van der Waals surface area contributed by atoms with Crippen LogP contribution >= 0.6 is 23.2 Å². The summed E-state index contributed by atoms with van der Waals surface area (Å²) in [7, 11) is 0. The summed E-state index contributed by atoms with van der Waals surface area (Å²) in [6, 6.07) is 12.6. The van der Waals surface area contributed by atoms with E-state index in [2.05, 4.69) is 37.6 Å². The first-order valence-electron chi connectivity index (χ1n) is 9.06. The van der Waals surface area contributed by atoms with Gasteiger partial charge in [0.1, 0.15) is 10.8 Å². The minimum atomic E-state index is 0.0841. The van der Waals surface area contributed by atoms with Crippen molar-refractivity contribution in [1.82, 2.24) is 9.97 Å². The number of aromatic hydroxyl groups is 1. The molecule has 0 bridgehead atoms. The number of hydrogen-bond donors (Lipinski definition) is 3. The fraction of sp³-hybridized carbons (Fsp3) is 0.200. The fourth-order valence-corrected chi connectivity index (χ4v) is 3.26. The molecular formula is C20H19Cl2N5O2. The van der Waals surface area contributed by atoms with Crippen molar-refractivity contribution in [3.05, 3.63) is 58.7 Å². The molecule has 1 saturated heterocycles. The third-order valence-electron chi connectivity index (χ3n) is 4.45. The molecule has 1 aliphatic rings. The van der Waals surface area contributed by atoms with E-state index >= 15 is 0 Å². The monoisotopic (exact) mass is 431 g/mol. The average molecular weight is 432 g/mol. The summed E-state index contributed by atoms with van der Waals surface area (Å²) >= 11 is 12.4. The van der Waals surface area contributed by atoms with E-state index in [-0.39, 0.29) is 5.75 Å². The van der Waals surface area contributed by atoms with Crippen LogP contribution in [0.3, 0.4) is 0 Å². The highest BCUT2D eigenvalue weighted by Crippen LogP contribution is 2.31. The molecule has 0 amide bonds. The lowest BCUT2D eigenvalue weighted by molar-refractivity contribution is 0.122. The van der Waals surface area contributed by atoms with Gasteiger partial charge >= 0.3 is 0 Å². The van der Waals surface area contributed by atoms with Crippen LogP contribution in [0, 0.1) is 0 Å². The summed E-state index contributed by atoms with van der Waals surface area (Å²) in [6.45, 7) is 3.27. The van der Waals surface area contributed by atoms with Gasteiger partial charge in [-0.3, -0.25) is 0 Å². The number of morpholine rings is 1. The third kappa shape index (κ3) is 4.82. The maximum absolute atomic E-state index is 9.66. The number of anilines is 5. The van der Waals surface area contributed by atoms with Gasteiger partial charge in [-0.15, -0.1) is 0 Å². The van der Waals surface area contributed by atoms with Gasteiger partial charge in [-0.05, 0) is 36.4 Å². The molecule has 4 rings (SSSR count). The molecule has 2 aromatic carbocycles. The van der Waals surface area contributed by atoms with Gasteiger partial charge in [-0.1, -0.05) is 23.2 Å². The number of hydrogen-bond acceptors (Lipinski definition) is 7. The van der Waals surface area contributed by atoms with E-state index in [1.54, 1.807) is 6.07 Å². The molecule has 1 aliphatic heterocycles. The number of phenols is 1. The summed E-state index contributed by atoms with van der Waals surface area (Å²) in [5.41, 5.74) is 2.50. The highest BCUT2D eigenvalue weighted by atomic mass is 35.5. The Labute approximate surface area is 178 Å². The Morgan fingerprint density at radius 1 is 0.966 bits per heavy atom. The van der Waals surface area contributed by atoms with E-state index in [1.165, 1.54) is 18.3 Å². The molecule has 7 nitrogen and oxygen atoms in total. The SMILES string of the molecule is Oc1ccc(Cl)c(Nc2nc(Nc3ccc(N4CCOCC4)cc3)ncc2Cl)c1. The standard InChI is InChI=1S/C20H19Cl2N5O2/c21-16-6-5-15(28)11-18(16)25-19-17(22)12-23-20(26-19)24-13-1-3-14(4-2-13)27-7-9-29-10-8-27/h1-6,11-12,28H,7-10H2,(H2,23,24,25,26). The molecule has 0 spiro atoms. The third-order valence-corrected chi connectivity index (χ3v) is 5.05. The molecule has 0 radical (unpaired) electrons. The zero-order chi connectivity index (χ0) is 20.2. The first kappa shape index (κ1) is 19.6. The average Bonchev–Trinajstić information content (AvgIpc) is 2.74. The Hall–Kier alpha value is -2.74. The maximum atomic E-state index is 9.66. The quantitative estimate of drug-likeness (QED) is 0.534. The van der Waals surface area contributed by atoms with E-state index in [0.717, 1.165) is 37.7 Å². The Bertz CT molecular complexity index is 995. The van der Waals surface area contributed by atoms with Crippen LogP contribution in [-0.2, 0) is 4.74 Å². The van der Waals surface area contributed by atoms with Gasteiger partial charge < -0.3 is 25.4 Å². The highest BCUT2D eigenvalue weighted by molar-refractivity contribution is 6.34. The number of benzene rings is 2. The highest BCUT2D eigenvalue weighted by Gasteiger charge is 2.12. The van der Waals surface area contributed by atoms with Gasteiger partial charge in [0.15, 0.2) is 5.82 Å². The van der Waals surface area contributed by atoms with Gasteiger partial charge in [0.2, 0.25) is 5.95 Å². The number of phenolic OH excluding ortho intramolecular Hbond substituents is 1. The largest absolute Gasteiger partial charge is 0.508 e. The molecule has 0 saturated carbocycles. The van der Waals surface area contributed by atoms with Crippen molar-refractivity contribution in [3.8, 4) is 5.75 Å². The van der Waals surface area contributed by atoms with Crippen molar-refractivity contribution in [2.75, 3.05) is 41.8 Å². The van der Waals surface area contributed by atoms with Crippen molar-refractivity contribution >= 4 is 52.0 Å². The predicted octanol–water partition coefficient (Wildman–Crippen LogP) is 4.81. The van der Waals surface area contributed by atoms with Crippen molar-refractivity contribution < 1.29 is 9.84 Å². The van der Waals surface area contributed by atoms with E-state index in [1.807, 2.05) is 12.1 Å². The first-order valence-corrected chi connectivity index (χ1v) is 9.82. The molecule has 1 fully saturated rings. The van der Waals surface area contributed by atoms with Gasteiger partial charge in [-0.2, -0.15) is 4.98 Å². The van der Waals surface area contributed by atoms with E-state index in [9.17, 15) is 5.11 Å². The van der Waals surface area contributed by atoms with Crippen molar-refractivity contribution in [2.45, 2.75) is 0 Å². The summed E-state index contributed by atoms with van der Waals surface area (Å²) < 4.78 is 5.39. The molecule has 9 heteroatoms. The smallest absolute Gasteiger partial charge is 0.229 e. The van der Waals surface area contributed by atoms with Gasteiger partial charge in [-0.25, -0.2) is 4.98 Å². The molecular weight excluding hydrogens is 413 g/mol. The number of nitrogens with one attached hydrogen (secondary N) is 2.